The number of benzene rings is 1. The van der Waals surface area contributed by atoms with Crippen molar-refractivity contribution in [3.05, 3.63) is 39.1 Å². The number of pyridine rings is 1. The zero-order valence-electron chi connectivity index (χ0n) is 11.1. The summed E-state index contributed by atoms with van der Waals surface area (Å²) in [5.74, 6) is 1.29. The molecule has 4 nitrogen and oxygen atoms in total. The van der Waals surface area contributed by atoms with Crippen LogP contribution in [0.25, 0.3) is 10.9 Å². The molecule has 3 N–H and O–H groups in total. The summed E-state index contributed by atoms with van der Waals surface area (Å²) >= 11 is 6.23. The van der Waals surface area contributed by atoms with Gasteiger partial charge in [-0.3, -0.25) is 4.79 Å². The smallest absolute Gasteiger partial charge is 0.251 e. The van der Waals surface area contributed by atoms with Crippen molar-refractivity contribution in [3.8, 4) is 5.75 Å². The molecule has 1 aromatic heterocycles. The fraction of sp³-hybridized carbons (Fsp3) is 0.400. The van der Waals surface area contributed by atoms with Gasteiger partial charge in [0, 0.05) is 17.0 Å². The molecule has 0 bridgehead atoms. The Morgan fingerprint density at radius 2 is 2.15 bits per heavy atom. The number of H-pyrrole nitrogens is 1. The van der Waals surface area contributed by atoms with Gasteiger partial charge in [-0.15, -0.1) is 0 Å². The third kappa shape index (κ3) is 2.81. The number of aromatic nitrogens is 1. The van der Waals surface area contributed by atoms with E-state index < -0.39 is 0 Å². The molecule has 1 fully saturated rings. The second-order valence-corrected chi connectivity index (χ2v) is 5.69. The van der Waals surface area contributed by atoms with Gasteiger partial charge in [0.05, 0.1) is 17.1 Å². The number of nitrogens with one attached hydrogen (secondary N) is 1. The lowest BCUT2D eigenvalue weighted by atomic mass is 10.1. The molecule has 1 saturated carbocycles. The van der Waals surface area contributed by atoms with Crippen LogP contribution in [0.2, 0.25) is 5.02 Å². The van der Waals surface area contributed by atoms with E-state index in [-0.39, 0.29) is 5.56 Å². The molecule has 0 aliphatic heterocycles. The van der Waals surface area contributed by atoms with Gasteiger partial charge in [-0.05, 0) is 43.9 Å². The van der Waals surface area contributed by atoms with Crippen molar-refractivity contribution in [1.29, 1.82) is 0 Å². The molecule has 0 saturated heterocycles. The van der Waals surface area contributed by atoms with Crippen LogP contribution in [0.15, 0.2) is 23.0 Å². The number of hydrogen-bond acceptors (Lipinski definition) is 3. The second kappa shape index (κ2) is 5.46. The van der Waals surface area contributed by atoms with Crippen LogP contribution >= 0.6 is 11.6 Å². The van der Waals surface area contributed by atoms with E-state index >= 15 is 0 Å². The lowest BCUT2D eigenvalue weighted by molar-refractivity contribution is 0.300. The Morgan fingerprint density at radius 3 is 2.85 bits per heavy atom. The first-order valence-corrected chi connectivity index (χ1v) is 7.23. The van der Waals surface area contributed by atoms with Gasteiger partial charge in [0.1, 0.15) is 5.75 Å². The minimum absolute atomic E-state index is 0.0987. The highest BCUT2D eigenvalue weighted by Gasteiger charge is 2.22. The third-order valence-electron chi connectivity index (χ3n) is 3.56. The van der Waals surface area contributed by atoms with Crippen LogP contribution in [-0.2, 0) is 6.42 Å². The quantitative estimate of drug-likeness (QED) is 0.889. The fourth-order valence-electron chi connectivity index (χ4n) is 2.20. The van der Waals surface area contributed by atoms with Crippen molar-refractivity contribution in [3.63, 3.8) is 0 Å². The fourth-order valence-corrected chi connectivity index (χ4v) is 2.42. The topological polar surface area (TPSA) is 68.1 Å². The van der Waals surface area contributed by atoms with Crippen molar-refractivity contribution < 1.29 is 4.74 Å². The molecule has 106 valence electrons. The van der Waals surface area contributed by atoms with E-state index in [2.05, 4.69) is 4.98 Å². The molecule has 0 radical (unpaired) electrons. The Balaban J connectivity index is 1.96. The van der Waals surface area contributed by atoms with Gasteiger partial charge in [0.2, 0.25) is 0 Å². The zero-order chi connectivity index (χ0) is 14.1. The molecule has 0 unspecified atom stereocenters. The van der Waals surface area contributed by atoms with E-state index in [1.54, 1.807) is 6.07 Å². The predicted molar refractivity (Wildman–Crippen MR) is 80.6 cm³/mol. The summed E-state index contributed by atoms with van der Waals surface area (Å²) in [5.41, 5.74) is 6.83. The molecule has 3 rings (SSSR count). The van der Waals surface area contributed by atoms with E-state index in [4.69, 9.17) is 22.1 Å². The maximum absolute atomic E-state index is 11.9. The van der Waals surface area contributed by atoms with E-state index in [1.807, 2.05) is 12.1 Å². The summed E-state index contributed by atoms with van der Waals surface area (Å²) in [6.45, 7) is 1.14. The van der Waals surface area contributed by atoms with Crippen LogP contribution in [0.5, 0.6) is 5.75 Å². The Kier molecular flexibility index (Phi) is 3.68. The number of nitrogens with two attached hydrogens (primary N) is 1. The normalized spacial score (nSPS) is 14.7. The van der Waals surface area contributed by atoms with Crippen LogP contribution in [-0.4, -0.2) is 18.1 Å². The number of rotatable bonds is 5. The van der Waals surface area contributed by atoms with Crippen LogP contribution in [0.4, 0.5) is 0 Å². The molecule has 1 aliphatic rings. The van der Waals surface area contributed by atoms with Crippen molar-refractivity contribution in [2.24, 2.45) is 11.7 Å². The summed E-state index contributed by atoms with van der Waals surface area (Å²) < 4.78 is 5.71. The lowest BCUT2D eigenvalue weighted by Gasteiger charge is -2.09. The van der Waals surface area contributed by atoms with Crippen molar-refractivity contribution in [2.45, 2.75) is 19.3 Å². The molecular weight excluding hydrogens is 276 g/mol. The Hall–Kier alpha value is -1.52. The van der Waals surface area contributed by atoms with E-state index in [1.165, 1.54) is 12.8 Å². The van der Waals surface area contributed by atoms with Crippen molar-refractivity contribution in [1.82, 2.24) is 4.98 Å². The summed E-state index contributed by atoms with van der Waals surface area (Å²) in [6.07, 6.45) is 3.01. The van der Waals surface area contributed by atoms with Gasteiger partial charge in [0.15, 0.2) is 0 Å². The molecule has 2 aromatic rings. The molecule has 0 spiro atoms. The van der Waals surface area contributed by atoms with E-state index in [0.29, 0.717) is 41.8 Å². The third-order valence-corrected chi connectivity index (χ3v) is 3.85. The molecule has 1 aliphatic carbocycles. The van der Waals surface area contributed by atoms with Gasteiger partial charge < -0.3 is 15.5 Å². The van der Waals surface area contributed by atoms with Crippen LogP contribution in [0.3, 0.4) is 0 Å². The van der Waals surface area contributed by atoms with Crippen LogP contribution in [0.1, 0.15) is 18.4 Å². The SMILES string of the molecule is NCCc1cc2cc(Cl)c(OCC3CC3)cc2[nH]c1=O. The standard InChI is InChI=1S/C15H17ClN2O2/c16-12-6-11-5-10(3-4-17)15(19)18-13(11)7-14(12)20-8-9-1-2-9/h5-7,9H,1-4,8,17H2,(H,18,19). The first-order valence-electron chi connectivity index (χ1n) is 6.85. The Labute approximate surface area is 121 Å². The van der Waals surface area contributed by atoms with Crippen LogP contribution < -0.4 is 16.0 Å². The highest BCUT2D eigenvalue weighted by atomic mass is 35.5. The monoisotopic (exact) mass is 292 g/mol. The van der Waals surface area contributed by atoms with Crippen LogP contribution in [0, 0.1) is 5.92 Å². The summed E-state index contributed by atoms with van der Waals surface area (Å²) in [5, 5.41) is 1.47. The van der Waals surface area contributed by atoms with E-state index in [0.717, 1.165) is 10.9 Å². The first kappa shape index (κ1) is 13.5. The highest BCUT2D eigenvalue weighted by Crippen LogP contribution is 2.33. The summed E-state index contributed by atoms with van der Waals surface area (Å²) in [4.78, 5) is 14.8. The average Bonchev–Trinajstić information content (AvgIpc) is 3.22. The summed E-state index contributed by atoms with van der Waals surface area (Å²) in [7, 11) is 0. The molecule has 20 heavy (non-hydrogen) atoms. The molecule has 1 heterocycles. The largest absolute Gasteiger partial charge is 0.492 e. The van der Waals surface area contributed by atoms with Gasteiger partial charge in [0.25, 0.3) is 5.56 Å². The second-order valence-electron chi connectivity index (χ2n) is 5.29. The molecule has 5 heteroatoms. The number of halogens is 1. The van der Waals surface area contributed by atoms with Crippen molar-refractivity contribution >= 4 is 22.5 Å². The predicted octanol–water partition coefficient (Wildman–Crippen LogP) is 2.47. The highest BCUT2D eigenvalue weighted by molar-refractivity contribution is 6.32. The Bertz CT molecular complexity index is 692. The average molecular weight is 293 g/mol. The van der Waals surface area contributed by atoms with Gasteiger partial charge in [-0.2, -0.15) is 0 Å². The van der Waals surface area contributed by atoms with Gasteiger partial charge in [-0.1, -0.05) is 11.6 Å². The molecule has 1 aromatic carbocycles. The number of fused-ring (bicyclic) bond motifs is 1. The van der Waals surface area contributed by atoms with Crippen molar-refractivity contribution in [2.75, 3.05) is 13.2 Å². The molecule has 0 amide bonds. The lowest BCUT2D eigenvalue weighted by Crippen LogP contribution is -2.16. The number of hydrogen-bond donors (Lipinski definition) is 2. The number of aromatic amines is 1. The first-order chi connectivity index (χ1) is 9.67. The maximum Gasteiger partial charge on any atom is 0.251 e. The maximum atomic E-state index is 11.9. The van der Waals surface area contributed by atoms with Gasteiger partial charge >= 0.3 is 0 Å². The zero-order valence-corrected chi connectivity index (χ0v) is 11.9. The minimum Gasteiger partial charge on any atom is -0.492 e. The minimum atomic E-state index is -0.0987. The van der Waals surface area contributed by atoms with E-state index in [9.17, 15) is 4.79 Å². The Morgan fingerprint density at radius 1 is 1.35 bits per heavy atom. The summed E-state index contributed by atoms with van der Waals surface area (Å²) in [6, 6.07) is 5.47. The molecular formula is C15H17ClN2O2. The number of ether oxygens (including phenoxy) is 1. The van der Waals surface area contributed by atoms with Gasteiger partial charge in [-0.25, -0.2) is 0 Å². The molecule has 0 atom stereocenters.